The number of benzene rings is 2. The van der Waals surface area contributed by atoms with Crippen molar-refractivity contribution in [2.24, 2.45) is 0 Å². The SMILES string of the molecule is N#Cc1cc(Oc2cc(F)cc(F)c2)cc(Nc2ccc3cc[nH]c3c2)n1. The number of rotatable bonds is 4. The van der Waals surface area contributed by atoms with E-state index in [9.17, 15) is 14.0 Å². The van der Waals surface area contributed by atoms with Crippen molar-refractivity contribution in [3.63, 3.8) is 0 Å². The number of halogens is 2. The van der Waals surface area contributed by atoms with Gasteiger partial charge in [-0.2, -0.15) is 5.26 Å². The molecule has 0 unspecified atom stereocenters. The molecule has 0 saturated carbocycles. The molecule has 0 aliphatic rings. The Morgan fingerprint density at radius 2 is 1.74 bits per heavy atom. The molecule has 7 heteroatoms. The van der Waals surface area contributed by atoms with Crippen LogP contribution >= 0.6 is 0 Å². The molecular formula is C20H12F2N4O. The second kappa shape index (κ2) is 6.77. The largest absolute Gasteiger partial charge is 0.457 e. The van der Waals surface area contributed by atoms with Gasteiger partial charge in [-0.05, 0) is 23.6 Å². The minimum absolute atomic E-state index is 0.0126. The first kappa shape index (κ1) is 16.5. The molecule has 0 amide bonds. The number of aromatic amines is 1. The van der Waals surface area contributed by atoms with E-state index < -0.39 is 11.6 Å². The molecule has 0 saturated heterocycles. The summed E-state index contributed by atoms with van der Waals surface area (Å²) < 4.78 is 32.2. The minimum Gasteiger partial charge on any atom is -0.457 e. The van der Waals surface area contributed by atoms with Gasteiger partial charge in [0.15, 0.2) is 0 Å². The lowest BCUT2D eigenvalue weighted by Crippen LogP contribution is -1.97. The van der Waals surface area contributed by atoms with Gasteiger partial charge in [0.1, 0.15) is 40.7 Å². The number of aromatic nitrogens is 2. The van der Waals surface area contributed by atoms with E-state index in [0.717, 1.165) is 34.8 Å². The van der Waals surface area contributed by atoms with E-state index >= 15 is 0 Å². The molecule has 0 atom stereocenters. The fraction of sp³-hybridized carbons (Fsp3) is 0. The molecule has 4 rings (SSSR count). The third-order valence-electron chi connectivity index (χ3n) is 3.81. The number of pyridine rings is 1. The number of hydrogen-bond donors (Lipinski definition) is 2. The van der Waals surface area contributed by atoms with E-state index in [4.69, 9.17) is 4.74 Å². The number of nitriles is 1. The highest BCUT2D eigenvalue weighted by Gasteiger charge is 2.08. The summed E-state index contributed by atoms with van der Waals surface area (Å²) in [5, 5.41) is 13.4. The summed E-state index contributed by atoms with van der Waals surface area (Å²) >= 11 is 0. The van der Waals surface area contributed by atoms with E-state index in [1.165, 1.54) is 6.07 Å². The summed E-state index contributed by atoms with van der Waals surface area (Å²) in [6, 6.07) is 15.4. The highest BCUT2D eigenvalue weighted by molar-refractivity contribution is 5.83. The van der Waals surface area contributed by atoms with Gasteiger partial charge in [0.05, 0.1) is 0 Å². The normalized spacial score (nSPS) is 10.6. The van der Waals surface area contributed by atoms with E-state index in [0.29, 0.717) is 5.82 Å². The Kier molecular flexibility index (Phi) is 4.15. The molecular weight excluding hydrogens is 350 g/mol. The molecule has 0 spiro atoms. The van der Waals surface area contributed by atoms with Crippen molar-refractivity contribution in [3.05, 3.63) is 78.1 Å². The Morgan fingerprint density at radius 3 is 2.52 bits per heavy atom. The van der Waals surface area contributed by atoms with Crippen LogP contribution in [0.4, 0.5) is 20.3 Å². The van der Waals surface area contributed by atoms with Crippen molar-refractivity contribution in [1.29, 1.82) is 5.26 Å². The molecule has 0 aliphatic heterocycles. The summed E-state index contributed by atoms with van der Waals surface area (Å²) in [6.45, 7) is 0. The molecule has 2 aromatic carbocycles. The fourth-order valence-corrected chi connectivity index (χ4v) is 2.68. The van der Waals surface area contributed by atoms with E-state index in [1.54, 1.807) is 6.07 Å². The van der Waals surface area contributed by atoms with Crippen LogP contribution in [0.5, 0.6) is 11.5 Å². The van der Waals surface area contributed by atoms with E-state index in [-0.39, 0.29) is 17.2 Å². The first-order valence-electron chi connectivity index (χ1n) is 7.99. The molecule has 132 valence electrons. The van der Waals surface area contributed by atoms with Crippen molar-refractivity contribution >= 4 is 22.4 Å². The number of nitrogens with zero attached hydrogens (tertiary/aromatic N) is 2. The summed E-state index contributed by atoms with van der Waals surface area (Å²) in [4.78, 5) is 7.30. The smallest absolute Gasteiger partial charge is 0.146 e. The molecule has 5 nitrogen and oxygen atoms in total. The zero-order valence-electron chi connectivity index (χ0n) is 13.8. The van der Waals surface area contributed by atoms with Crippen molar-refractivity contribution in [3.8, 4) is 17.6 Å². The zero-order chi connectivity index (χ0) is 18.8. The fourth-order valence-electron chi connectivity index (χ4n) is 2.68. The van der Waals surface area contributed by atoms with Crippen LogP contribution in [0.1, 0.15) is 5.69 Å². The number of ether oxygens (including phenoxy) is 1. The molecule has 0 fully saturated rings. The van der Waals surface area contributed by atoms with Crippen LogP contribution in [0, 0.1) is 23.0 Å². The van der Waals surface area contributed by atoms with Gasteiger partial charge in [0.2, 0.25) is 0 Å². The van der Waals surface area contributed by atoms with Gasteiger partial charge in [0.25, 0.3) is 0 Å². The van der Waals surface area contributed by atoms with Crippen molar-refractivity contribution in [2.75, 3.05) is 5.32 Å². The first-order chi connectivity index (χ1) is 13.1. The number of anilines is 2. The average Bonchev–Trinajstić information content (AvgIpc) is 3.08. The predicted molar refractivity (Wildman–Crippen MR) is 97.0 cm³/mol. The molecule has 2 heterocycles. The van der Waals surface area contributed by atoms with Crippen LogP contribution in [0.2, 0.25) is 0 Å². The standard InChI is InChI=1S/C20H12F2N4O/c21-13-5-14(22)7-17(6-13)27-18-8-16(11-23)26-20(10-18)25-15-2-1-12-3-4-24-19(12)9-15/h1-10,24H,(H,25,26). The van der Waals surface area contributed by atoms with Crippen LogP contribution in [0.25, 0.3) is 10.9 Å². The molecule has 0 aliphatic carbocycles. The van der Waals surface area contributed by atoms with Gasteiger partial charge in [-0.3, -0.25) is 0 Å². The topological polar surface area (TPSA) is 73.7 Å². The molecule has 4 aromatic rings. The maximum Gasteiger partial charge on any atom is 0.146 e. The Balaban J connectivity index is 1.64. The number of hydrogen-bond acceptors (Lipinski definition) is 4. The van der Waals surface area contributed by atoms with Crippen LogP contribution in [0.3, 0.4) is 0 Å². The molecule has 2 aromatic heterocycles. The maximum atomic E-state index is 13.3. The average molecular weight is 362 g/mol. The summed E-state index contributed by atoms with van der Waals surface area (Å²) in [6.07, 6.45) is 1.84. The number of fused-ring (bicyclic) bond motifs is 1. The van der Waals surface area contributed by atoms with Crippen LogP contribution < -0.4 is 10.1 Å². The van der Waals surface area contributed by atoms with Gasteiger partial charge >= 0.3 is 0 Å². The summed E-state index contributed by atoms with van der Waals surface area (Å²) in [7, 11) is 0. The first-order valence-corrected chi connectivity index (χ1v) is 7.99. The zero-order valence-corrected chi connectivity index (χ0v) is 13.8. The Labute approximate surface area is 152 Å². The van der Waals surface area contributed by atoms with Crippen molar-refractivity contribution in [1.82, 2.24) is 9.97 Å². The third-order valence-corrected chi connectivity index (χ3v) is 3.81. The second-order valence-corrected chi connectivity index (χ2v) is 5.80. The Hall–Kier alpha value is -3.92. The molecule has 0 bridgehead atoms. The maximum absolute atomic E-state index is 13.3. The van der Waals surface area contributed by atoms with E-state index in [2.05, 4.69) is 15.3 Å². The van der Waals surface area contributed by atoms with Crippen LogP contribution in [-0.4, -0.2) is 9.97 Å². The Morgan fingerprint density at radius 1 is 0.963 bits per heavy atom. The highest BCUT2D eigenvalue weighted by Crippen LogP contribution is 2.28. The van der Waals surface area contributed by atoms with Gasteiger partial charge < -0.3 is 15.0 Å². The summed E-state index contributed by atoms with van der Waals surface area (Å²) in [5.41, 5.74) is 1.81. The Bertz CT molecular complexity index is 1160. The molecule has 0 radical (unpaired) electrons. The second-order valence-electron chi connectivity index (χ2n) is 5.80. The van der Waals surface area contributed by atoms with Crippen molar-refractivity contribution < 1.29 is 13.5 Å². The number of nitrogens with one attached hydrogen (secondary N) is 2. The minimum atomic E-state index is -0.753. The lowest BCUT2D eigenvalue weighted by Gasteiger charge is -2.10. The quantitative estimate of drug-likeness (QED) is 0.520. The van der Waals surface area contributed by atoms with Crippen molar-refractivity contribution in [2.45, 2.75) is 0 Å². The lowest BCUT2D eigenvalue weighted by molar-refractivity contribution is 0.468. The van der Waals surface area contributed by atoms with E-state index in [1.807, 2.05) is 36.5 Å². The van der Waals surface area contributed by atoms with Gasteiger partial charge in [-0.15, -0.1) is 0 Å². The number of H-pyrrole nitrogens is 1. The van der Waals surface area contributed by atoms with Gasteiger partial charge in [-0.25, -0.2) is 13.8 Å². The third kappa shape index (κ3) is 3.70. The van der Waals surface area contributed by atoms with Crippen LogP contribution in [0.15, 0.2) is 60.8 Å². The molecule has 27 heavy (non-hydrogen) atoms. The highest BCUT2D eigenvalue weighted by atomic mass is 19.1. The summed E-state index contributed by atoms with van der Waals surface area (Å²) in [5.74, 6) is -0.919. The monoisotopic (exact) mass is 362 g/mol. The molecule has 2 N–H and O–H groups in total. The predicted octanol–water partition coefficient (Wildman–Crippen LogP) is 5.25. The van der Waals surface area contributed by atoms with Gasteiger partial charge in [0, 0.05) is 47.7 Å². The van der Waals surface area contributed by atoms with Crippen LogP contribution in [-0.2, 0) is 0 Å². The lowest BCUT2D eigenvalue weighted by atomic mass is 10.2. The van der Waals surface area contributed by atoms with Gasteiger partial charge in [-0.1, -0.05) is 6.07 Å².